The Hall–Kier alpha value is -2.89. The van der Waals surface area contributed by atoms with Crippen molar-refractivity contribution in [1.29, 1.82) is 0 Å². The van der Waals surface area contributed by atoms with E-state index >= 15 is 0 Å². The maximum Gasteiger partial charge on any atom is 0.274 e. The first kappa shape index (κ1) is 15.5. The van der Waals surface area contributed by atoms with Crippen LogP contribution in [0.3, 0.4) is 0 Å². The van der Waals surface area contributed by atoms with E-state index in [1.807, 2.05) is 18.2 Å². The second-order valence-corrected chi connectivity index (χ2v) is 4.77. The molecule has 0 aliphatic rings. The molecule has 0 spiro atoms. The van der Waals surface area contributed by atoms with Gasteiger partial charge in [0.15, 0.2) is 6.10 Å². The number of rotatable bonds is 5. The maximum absolute atomic E-state index is 12.1. The predicted octanol–water partition coefficient (Wildman–Crippen LogP) is 3.31. The van der Waals surface area contributed by atoms with Gasteiger partial charge in [-0.1, -0.05) is 24.3 Å². The highest BCUT2D eigenvalue weighted by Gasteiger charge is 2.19. The number of hydrogen-bond donors (Lipinski definition) is 1. The Bertz CT molecular complexity index is 686. The summed E-state index contributed by atoms with van der Waals surface area (Å²) in [6.45, 7) is 3.21. The normalized spacial score (nSPS) is 11.5. The predicted molar refractivity (Wildman–Crippen MR) is 83.0 cm³/mol. The van der Waals surface area contributed by atoms with E-state index in [2.05, 4.69) is 5.32 Å². The van der Waals surface area contributed by atoms with E-state index in [4.69, 9.17) is 4.74 Å². The van der Waals surface area contributed by atoms with Crippen molar-refractivity contribution in [1.82, 2.24) is 0 Å². The molecule has 2 aromatic rings. The van der Waals surface area contributed by atoms with E-state index in [0.717, 1.165) is 0 Å². The number of carbonyl (C=O) groups is 1. The first-order valence-electron chi connectivity index (χ1n) is 6.75. The summed E-state index contributed by atoms with van der Waals surface area (Å²) < 4.78 is 5.52. The molecule has 22 heavy (non-hydrogen) atoms. The summed E-state index contributed by atoms with van der Waals surface area (Å²) in [6, 6.07) is 13.5. The topological polar surface area (TPSA) is 81.5 Å². The van der Waals surface area contributed by atoms with Crippen LogP contribution in [0, 0.1) is 17.0 Å². The molecule has 2 aromatic carbocycles. The minimum atomic E-state index is -0.721. The second-order valence-electron chi connectivity index (χ2n) is 4.77. The average Bonchev–Trinajstić information content (AvgIpc) is 2.50. The molecule has 0 unspecified atom stereocenters. The summed E-state index contributed by atoms with van der Waals surface area (Å²) in [6.07, 6.45) is -0.721. The molecule has 0 heterocycles. The third-order valence-corrected chi connectivity index (χ3v) is 3.19. The zero-order chi connectivity index (χ0) is 16.1. The van der Waals surface area contributed by atoms with Gasteiger partial charge in [-0.2, -0.15) is 0 Å². The Balaban J connectivity index is 2.09. The Morgan fingerprint density at radius 3 is 2.50 bits per heavy atom. The van der Waals surface area contributed by atoms with E-state index in [-0.39, 0.29) is 11.6 Å². The van der Waals surface area contributed by atoms with Crippen LogP contribution in [-0.2, 0) is 4.79 Å². The standard InChI is InChI=1S/C16H16N2O4/c1-11-14(9-6-10-15(11)18(20)21)17-16(19)12(2)22-13-7-4-3-5-8-13/h3-10,12H,1-2H3,(H,17,19)/t12-/m0/s1. The molecule has 0 bridgehead atoms. The lowest BCUT2D eigenvalue weighted by Crippen LogP contribution is -2.30. The molecule has 0 saturated heterocycles. The van der Waals surface area contributed by atoms with Gasteiger partial charge < -0.3 is 10.1 Å². The van der Waals surface area contributed by atoms with Crippen molar-refractivity contribution in [2.45, 2.75) is 20.0 Å². The number of benzene rings is 2. The molecule has 0 saturated carbocycles. The highest BCUT2D eigenvalue weighted by atomic mass is 16.6. The summed E-state index contributed by atoms with van der Waals surface area (Å²) in [5.74, 6) is 0.216. The number of amides is 1. The molecular weight excluding hydrogens is 284 g/mol. The van der Waals surface area contributed by atoms with E-state index in [0.29, 0.717) is 17.0 Å². The quantitative estimate of drug-likeness (QED) is 0.678. The number of carbonyl (C=O) groups excluding carboxylic acids is 1. The SMILES string of the molecule is Cc1c(NC(=O)[C@H](C)Oc2ccccc2)cccc1[N+](=O)[O-]. The maximum atomic E-state index is 12.1. The Labute approximate surface area is 127 Å². The average molecular weight is 300 g/mol. The summed E-state index contributed by atoms with van der Waals surface area (Å²) >= 11 is 0. The van der Waals surface area contributed by atoms with Crippen LogP contribution in [-0.4, -0.2) is 16.9 Å². The summed E-state index contributed by atoms with van der Waals surface area (Å²) in [5, 5.41) is 13.6. The van der Waals surface area contributed by atoms with Crippen LogP contribution in [0.15, 0.2) is 48.5 Å². The summed E-state index contributed by atoms with van der Waals surface area (Å²) in [5.41, 5.74) is 0.782. The van der Waals surface area contributed by atoms with Crippen LogP contribution >= 0.6 is 0 Å². The van der Waals surface area contributed by atoms with Crippen molar-refractivity contribution in [3.05, 3.63) is 64.2 Å². The summed E-state index contributed by atoms with van der Waals surface area (Å²) in [7, 11) is 0. The lowest BCUT2D eigenvalue weighted by molar-refractivity contribution is -0.385. The number of nitro benzene ring substituents is 1. The van der Waals surface area contributed by atoms with Gasteiger partial charge in [-0.25, -0.2) is 0 Å². The minimum Gasteiger partial charge on any atom is -0.481 e. The Morgan fingerprint density at radius 1 is 1.18 bits per heavy atom. The summed E-state index contributed by atoms with van der Waals surface area (Å²) in [4.78, 5) is 22.6. The first-order valence-corrected chi connectivity index (χ1v) is 6.75. The highest BCUT2D eigenvalue weighted by molar-refractivity contribution is 5.95. The van der Waals surface area contributed by atoms with Gasteiger partial charge in [0, 0.05) is 6.07 Å². The molecule has 1 atom stereocenters. The third kappa shape index (κ3) is 3.60. The second kappa shape index (κ2) is 6.71. The number of ether oxygens (including phenoxy) is 1. The van der Waals surface area contributed by atoms with Crippen LogP contribution in [0.5, 0.6) is 5.75 Å². The van der Waals surface area contributed by atoms with E-state index in [1.54, 1.807) is 32.0 Å². The zero-order valence-corrected chi connectivity index (χ0v) is 12.3. The van der Waals surface area contributed by atoms with Gasteiger partial charge >= 0.3 is 0 Å². The molecule has 0 aliphatic carbocycles. The Kier molecular flexibility index (Phi) is 4.73. The van der Waals surface area contributed by atoms with Crippen molar-refractivity contribution in [2.24, 2.45) is 0 Å². The molecule has 1 N–H and O–H groups in total. The lowest BCUT2D eigenvalue weighted by Gasteiger charge is -2.15. The highest BCUT2D eigenvalue weighted by Crippen LogP contribution is 2.25. The number of para-hydroxylation sites is 1. The molecule has 6 nitrogen and oxygen atoms in total. The molecular formula is C16H16N2O4. The van der Waals surface area contributed by atoms with E-state index in [1.165, 1.54) is 12.1 Å². The van der Waals surface area contributed by atoms with Gasteiger partial charge in [-0.05, 0) is 32.0 Å². The van der Waals surface area contributed by atoms with Crippen LogP contribution in [0.2, 0.25) is 0 Å². The van der Waals surface area contributed by atoms with Gasteiger partial charge in [0.1, 0.15) is 5.75 Å². The van der Waals surface area contributed by atoms with Crippen LogP contribution < -0.4 is 10.1 Å². The van der Waals surface area contributed by atoms with Crippen molar-refractivity contribution >= 4 is 17.3 Å². The van der Waals surface area contributed by atoms with Crippen molar-refractivity contribution < 1.29 is 14.5 Å². The molecule has 0 aromatic heterocycles. The smallest absolute Gasteiger partial charge is 0.274 e. The van der Waals surface area contributed by atoms with Gasteiger partial charge in [0.2, 0.25) is 0 Å². The van der Waals surface area contributed by atoms with Gasteiger partial charge in [0.05, 0.1) is 16.2 Å². The van der Waals surface area contributed by atoms with E-state index < -0.39 is 11.0 Å². The molecule has 6 heteroatoms. The number of nitro groups is 1. The van der Waals surface area contributed by atoms with Crippen molar-refractivity contribution in [3.8, 4) is 5.75 Å². The first-order chi connectivity index (χ1) is 10.5. The number of anilines is 1. The van der Waals surface area contributed by atoms with Crippen LogP contribution in [0.4, 0.5) is 11.4 Å². The minimum absolute atomic E-state index is 0.0329. The van der Waals surface area contributed by atoms with Gasteiger partial charge in [0.25, 0.3) is 11.6 Å². The van der Waals surface area contributed by atoms with Crippen LogP contribution in [0.25, 0.3) is 0 Å². The third-order valence-electron chi connectivity index (χ3n) is 3.19. The molecule has 0 fully saturated rings. The van der Waals surface area contributed by atoms with Gasteiger partial charge in [-0.15, -0.1) is 0 Å². The fourth-order valence-corrected chi connectivity index (χ4v) is 1.95. The molecule has 114 valence electrons. The zero-order valence-electron chi connectivity index (χ0n) is 12.3. The van der Waals surface area contributed by atoms with Crippen LogP contribution in [0.1, 0.15) is 12.5 Å². The lowest BCUT2D eigenvalue weighted by atomic mass is 10.1. The number of nitrogens with zero attached hydrogens (tertiary/aromatic N) is 1. The molecule has 0 aliphatic heterocycles. The van der Waals surface area contributed by atoms with Crippen molar-refractivity contribution in [2.75, 3.05) is 5.32 Å². The molecule has 1 amide bonds. The monoisotopic (exact) mass is 300 g/mol. The fraction of sp³-hybridized carbons (Fsp3) is 0.188. The number of nitrogens with one attached hydrogen (secondary N) is 1. The van der Waals surface area contributed by atoms with Crippen molar-refractivity contribution in [3.63, 3.8) is 0 Å². The molecule has 2 rings (SSSR count). The molecule has 0 radical (unpaired) electrons. The van der Waals surface area contributed by atoms with Gasteiger partial charge in [-0.3, -0.25) is 14.9 Å². The Morgan fingerprint density at radius 2 is 1.86 bits per heavy atom. The number of hydrogen-bond acceptors (Lipinski definition) is 4. The fourth-order valence-electron chi connectivity index (χ4n) is 1.95. The largest absolute Gasteiger partial charge is 0.481 e. The van der Waals surface area contributed by atoms with E-state index in [9.17, 15) is 14.9 Å².